The average Bonchev–Trinajstić information content (AvgIpc) is 1.91. The monoisotopic (exact) mass is 96.0 g/mol. The Morgan fingerprint density at radius 1 is 1.86 bits per heavy atom. The predicted octanol–water partition coefficient (Wildman–Crippen LogP) is 1.17. The van der Waals surface area contributed by atoms with E-state index in [1.165, 1.54) is 6.39 Å². The number of aromatic nitrogens is 1. The lowest BCUT2D eigenvalue weighted by Crippen LogP contribution is -1.69. The highest BCUT2D eigenvalue weighted by molar-refractivity contribution is 5.07. The second-order valence-corrected chi connectivity index (χ2v) is 1.36. The first-order chi connectivity index (χ1) is 3.30. The van der Waals surface area contributed by atoms with Crippen LogP contribution in [0.1, 0.15) is 11.5 Å². The van der Waals surface area contributed by atoms with E-state index >= 15 is 0 Å². The number of hydrogen-bond acceptors (Lipinski definition) is 2. The van der Waals surface area contributed by atoms with Gasteiger partial charge in [-0.25, -0.2) is 4.98 Å². The number of nitrogens with zero attached hydrogens (tertiary/aromatic N) is 1. The lowest BCUT2D eigenvalue weighted by atomic mass is 10.4. The Bertz CT molecular complexity index is 140. The zero-order chi connectivity index (χ0) is 5.28. The van der Waals surface area contributed by atoms with Crippen LogP contribution in [0.3, 0.4) is 0 Å². The molecule has 0 atom stereocenters. The highest BCUT2D eigenvalue weighted by atomic mass is 16.3. The molecule has 0 aromatic carbocycles. The van der Waals surface area contributed by atoms with Crippen molar-refractivity contribution in [2.24, 2.45) is 0 Å². The molecule has 0 bridgehead atoms. The van der Waals surface area contributed by atoms with Gasteiger partial charge >= 0.3 is 0 Å². The summed E-state index contributed by atoms with van der Waals surface area (Å²) in [5.41, 5.74) is 0.722. The molecule has 1 radical (unpaired) electrons. The third-order valence-electron chi connectivity index (χ3n) is 0.844. The summed E-state index contributed by atoms with van der Waals surface area (Å²) in [5.74, 6) is 0.792. The van der Waals surface area contributed by atoms with Crippen molar-refractivity contribution in [3.05, 3.63) is 24.8 Å². The molecule has 1 rings (SSSR count). The standard InChI is InChI=1S/C5H6NO/c1-4-5(2)7-3-6-4/h3H,1H2,2H3. The number of oxazole rings is 1. The van der Waals surface area contributed by atoms with Crippen molar-refractivity contribution < 1.29 is 4.42 Å². The fourth-order valence-corrected chi connectivity index (χ4v) is 0.328. The molecule has 0 saturated heterocycles. The Labute approximate surface area is 42.2 Å². The molecule has 37 valence electrons. The van der Waals surface area contributed by atoms with Gasteiger partial charge in [0.15, 0.2) is 6.39 Å². The summed E-state index contributed by atoms with van der Waals surface area (Å²) in [4.78, 5) is 3.74. The first-order valence-corrected chi connectivity index (χ1v) is 2.03. The Morgan fingerprint density at radius 3 is 2.71 bits per heavy atom. The molecule has 0 saturated carbocycles. The minimum atomic E-state index is 0.722. The summed E-state index contributed by atoms with van der Waals surface area (Å²) < 4.78 is 4.79. The van der Waals surface area contributed by atoms with Gasteiger partial charge < -0.3 is 4.42 Å². The molecule has 0 aliphatic rings. The summed E-state index contributed by atoms with van der Waals surface area (Å²) in [6, 6.07) is 0. The van der Waals surface area contributed by atoms with Crippen LogP contribution in [0.15, 0.2) is 10.8 Å². The molecule has 0 N–H and O–H groups in total. The van der Waals surface area contributed by atoms with Crippen molar-refractivity contribution in [3.8, 4) is 0 Å². The van der Waals surface area contributed by atoms with Crippen molar-refractivity contribution in [3.63, 3.8) is 0 Å². The molecule has 0 amide bonds. The van der Waals surface area contributed by atoms with Gasteiger partial charge in [0.05, 0.1) is 5.69 Å². The minimum Gasteiger partial charge on any atom is -0.449 e. The Morgan fingerprint density at radius 2 is 2.57 bits per heavy atom. The lowest BCUT2D eigenvalue weighted by molar-refractivity contribution is 0.526. The topological polar surface area (TPSA) is 26.0 Å². The third-order valence-corrected chi connectivity index (χ3v) is 0.844. The second kappa shape index (κ2) is 1.37. The molecule has 1 heterocycles. The van der Waals surface area contributed by atoms with Crippen molar-refractivity contribution >= 4 is 0 Å². The van der Waals surface area contributed by atoms with E-state index in [1.807, 2.05) is 6.92 Å². The van der Waals surface area contributed by atoms with Gasteiger partial charge in [-0.2, -0.15) is 0 Å². The number of hydrogen-bond donors (Lipinski definition) is 0. The molecule has 1 aromatic rings. The van der Waals surface area contributed by atoms with Gasteiger partial charge in [0.2, 0.25) is 0 Å². The summed E-state index contributed by atoms with van der Waals surface area (Å²) in [6.07, 6.45) is 1.39. The van der Waals surface area contributed by atoms with E-state index in [4.69, 9.17) is 4.42 Å². The molecule has 7 heavy (non-hydrogen) atoms. The molecule has 1 aromatic heterocycles. The SMILES string of the molecule is [CH2]c1ncoc1C. The second-order valence-electron chi connectivity index (χ2n) is 1.36. The zero-order valence-electron chi connectivity index (χ0n) is 4.14. The van der Waals surface area contributed by atoms with Crippen LogP contribution >= 0.6 is 0 Å². The summed E-state index contributed by atoms with van der Waals surface area (Å²) in [6.45, 7) is 5.40. The molecular formula is C5H6NO. The van der Waals surface area contributed by atoms with Crippen LogP contribution in [0, 0.1) is 13.8 Å². The molecule has 0 aliphatic heterocycles. The van der Waals surface area contributed by atoms with Crippen LogP contribution in [-0.2, 0) is 0 Å². The maximum atomic E-state index is 4.79. The van der Waals surface area contributed by atoms with E-state index in [0.29, 0.717) is 0 Å². The fourth-order valence-electron chi connectivity index (χ4n) is 0.328. The van der Waals surface area contributed by atoms with Crippen LogP contribution in [0.2, 0.25) is 0 Å². The summed E-state index contributed by atoms with van der Waals surface area (Å²) >= 11 is 0. The van der Waals surface area contributed by atoms with Crippen molar-refractivity contribution in [1.82, 2.24) is 4.98 Å². The zero-order valence-corrected chi connectivity index (χ0v) is 4.14. The molecule has 0 aliphatic carbocycles. The number of aryl methyl sites for hydroxylation is 1. The molecule has 2 heteroatoms. The lowest BCUT2D eigenvalue weighted by Gasteiger charge is -1.76. The van der Waals surface area contributed by atoms with E-state index in [-0.39, 0.29) is 0 Å². The highest BCUT2D eigenvalue weighted by Crippen LogP contribution is 1.99. The van der Waals surface area contributed by atoms with Crippen LogP contribution in [0.5, 0.6) is 0 Å². The van der Waals surface area contributed by atoms with E-state index in [9.17, 15) is 0 Å². The van der Waals surface area contributed by atoms with E-state index < -0.39 is 0 Å². The smallest absolute Gasteiger partial charge is 0.181 e. The largest absolute Gasteiger partial charge is 0.449 e. The predicted molar refractivity (Wildman–Crippen MR) is 25.7 cm³/mol. The summed E-state index contributed by atoms with van der Waals surface area (Å²) in [7, 11) is 0. The van der Waals surface area contributed by atoms with E-state index in [1.54, 1.807) is 0 Å². The van der Waals surface area contributed by atoms with Crippen LogP contribution in [0.4, 0.5) is 0 Å². The maximum absolute atomic E-state index is 4.79. The fraction of sp³-hybridized carbons (Fsp3) is 0.200. The van der Waals surface area contributed by atoms with Crippen LogP contribution < -0.4 is 0 Å². The Kier molecular flexibility index (Phi) is 0.855. The third kappa shape index (κ3) is 0.633. The highest BCUT2D eigenvalue weighted by Gasteiger charge is 1.91. The van der Waals surface area contributed by atoms with Gasteiger partial charge in [0.1, 0.15) is 5.76 Å². The van der Waals surface area contributed by atoms with Gasteiger partial charge in [0.25, 0.3) is 0 Å². The van der Waals surface area contributed by atoms with Gasteiger partial charge in [-0.3, -0.25) is 0 Å². The normalized spacial score (nSPS) is 9.43. The molecule has 0 fully saturated rings. The van der Waals surface area contributed by atoms with Gasteiger partial charge in [-0.05, 0) is 13.8 Å². The first-order valence-electron chi connectivity index (χ1n) is 2.03. The van der Waals surface area contributed by atoms with Crippen molar-refractivity contribution in [2.45, 2.75) is 6.92 Å². The maximum Gasteiger partial charge on any atom is 0.181 e. The number of rotatable bonds is 0. The van der Waals surface area contributed by atoms with E-state index in [2.05, 4.69) is 11.9 Å². The van der Waals surface area contributed by atoms with Gasteiger partial charge in [-0.15, -0.1) is 0 Å². The van der Waals surface area contributed by atoms with Crippen molar-refractivity contribution in [1.29, 1.82) is 0 Å². The van der Waals surface area contributed by atoms with E-state index in [0.717, 1.165) is 11.5 Å². The Hall–Kier alpha value is -0.790. The van der Waals surface area contributed by atoms with Crippen LogP contribution in [0.25, 0.3) is 0 Å². The first kappa shape index (κ1) is 4.37. The average molecular weight is 96.1 g/mol. The molecule has 2 nitrogen and oxygen atoms in total. The molecule has 0 unspecified atom stereocenters. The Balaban J connectivity index is 3.12. The van der Waals surface area contributed by atoms with Gasteiger partial charge in [0, 0.05) is 0 Å². The molecule has 0 spiro atoms. The molecular weight excluding hydrogens is 90.1 g/mol. The summed E-state index contributed by atoms with van der Waals surface area (Å²) in [5, 5.41) is 0. The minimum absolute atomic E-state index is 0.722. The quantitative estimate of drug-likeness (QED) is 0.484. The van der Waals surface area contributed by atoms with Crippen LogP contribution in [-0.4, -0.2) is 4.98 Å². The van der Waals surface area contributed by atoms with Crippen molar-refractivity contribution in [2.75, 3.05) is 0 Å². The van der Waals surface area contributed by atoms with Gasteiger partial charge in [-0.1, -0.05) is 0 Å².